The third-order valence-corrected chi connectivity index (χ3v) is 2.76. The van der Waals surface area contributed by atoms with Crippen LogP contribution < -0.4 is 11.2 Å². The van der Waals surface area contributed by atoms with Crippen LogP contribution in [0.4, 0.5) is 4.39 Å². The molecule has 0 saturated carbocycles. The van der Waals surface area contributed by atoms with E-state index in [1.165, 1.54) is 10.8 Å². The maximum absolute atomic E-state index is 13.3. The predicted molar refractivity (Wildman–Crippen MR) is 55.2 cm³/mol. The van der Waals surface area contributed by atoms with Crippen molar-refractivity contribution in [3.63, 3.8) is 0 Å². The minimum atomic E-state index is -1.08. The van der Waals surface area contributed by atoms with Crippen molar-refractivity contribution in [3.05, 3.63) is 32.6 Å². The molecule has 1 fully saturated rings. The molecule has 1 aliphatic rings. The van der Waals surface area contributed by atoms with Gasteiger partial charge in [0.15, 0.2) is 0 Å². The summed E-state index contributed by atoms with van der Waals surface area (Å²) in [6.45, 7) is 3.20. The molecule has 0 aromatic carbocycles. The predicted octanol–water partition coefficient (Wildman–Crippen LogP) is 0.491. The summed E-state index contributed by atoms with van der Waals surface area (Å²) in [6, 6.07) is 0. The molecule has 16 heavy (non-hydrogen) atoms. The number of hydrogen-bond acceptors (Lipinski definition) is 3. The number of ether oxygens (including phenoxy) is 1. The first-order valence-electron chi connectivity index (χ1n) is 5.10. The Labute approximate surface area is 90.9 Å². The summed E-state index contributed by atoms with van der Waals surface area (Å²) in [6.07, 6.45) is -0.704. The van der Waals surface area contributed by atoms with Crippen LogP contribution in [0.25, 0.3) is 0 Å². The second-order valence-electron chi connectivity index (χ2n) is 4.03. The van der Waals surface area contributed by atoms with Crippen molar-refractivity contribution in [2.45, 2.75) is 38.8 Å². The van der Waals surface area contributed by atoms with Gasteiger partial charge in [0.05, 0.1) is 6.10 Å². The zero-order valence-corrected chi connectivity index (χ0v) is 9.07. The van der Waals surface area contributed by atoms with Gasteiger partial charge in [0, 0.05) is 18.2 Å². The molecule has 1 N–H and O–H groups in total. The smallest absolute Gasteiger partial charge is 0.330 e. The Morgan fingerprint density at radius 2 is 2.25 bits per heavy atom. The van der Waals surface area contributed by atoms with Gasteiger partial charge in [-0.1, -0.05) is 0 Å². The number of aromatic amines is 1. The zero-order chi connectivity index (χ0) is 11.9. The van der Waals surface area contributed by atoms with Crippen molar-refractivity contribution >= 4 is 0 Å². The average molecular weight is 228 g/mol. The largest absolute Gasteiger partial charge is 0.352 e. The molecule has 0 spiro atoms. The highest BCUT2D eigenvalue weighted by atomic mass is 19.1. The monoisotopic (exact) mass is 228 g/mol. The molecule has 5 nitrogen and oxygen atoms in total. The van der Waals surface area contributed by atoms with Crippen molar-refractivity contribution in [1.82, 2.24) is 9.55 Å². The van der Waals surface area contributed by atoms with E-state index in [0.29, 0.717) is 5.56 Å². The van der Waals surface area contributed by atoms with E-state index in [9.17, 15) is 14.0 Å². The number of rotatable bonds is 1. The van der Waals surface area contributed by atoms with Crippen LogP contribution in [-0.4, -0.2) is 21.8 Å². The van der Waals surface area contributed by atoms with Crippen molar-refractivity contribution in [2.24, 2.45) is 0 Å². The van der Waals surface area contributed by atoms with Crippen LogP contribution in [0.2, 0.25) is 0 Å². The van der Waals surface area contributed by atoms with Gasteiger partial charge >= 0.3 is 5.69 Å². The van der Waals surface area contributed by atoms with Gasteiger partial charge in [0.1, 0.15) is 12.4 Å². The molecular formula is C10H13FN2O3. The van der Waals surface area contributed by atoms with Crippen molar-refractivity contribution in [1.29, 1.82) is 0 Å². The Morgan fingerprint density at radius 1 is 1.56 bits per heavy atom. The summed E-state index contributed by atoms with van der Waals surface area (Å²) in [5, 5.41) is 0. The van der Waals surface area contributed by atoms with Crippen LogP contribution in [0.5, 0.6) is 0 Å². The number of nitrogens with one attached hydrogen (secondary N) is 1. The number of nitrogens with zero attached hydrogens (tertiary/aromatic N) is 1. The number of aromatic nitrogens is 2. The normalized spacial score (nSPS) is 29.6. The molecule has 0 unspecified atom stereocenters. The summed E-state index contributed by atoms with van der Waals surface area (Å²) in [5.41, 5.74) is -0.593. The van der Waals surface area contributed by atoms with Crippen LogP contribution in [0.15, 0.2) is 15.8 Å². The lowest BCUT2D eigenvalue weighted by Gasteiger charge is -2.13. The average Bonchev–Trinajstić information content (AvgIpc) is 2.53. The van der Waals surface area contributed by atoms with E-state index in [1.807, 2.05) is 0 Å². The maximum Gasteiger partial charge on any atom is 0.330 e. The maximum atomic E-state index is 13.3. The van der Waals surface area contributed by atoms with Gasteiger partial charge in [-0.05, 0) is 13.8 Å². The summed E-state index contributed by atoms with van der Waals surface area (Å²) in [7, 11) is 0. The Hall–Kier alpha value is -1.43. The highest BCUT2D eigenvalue weighted by Crippen LogP contribution is 2.29. The van der Waals surface area contributed by atoms with Gasteiger partial charge in [0.2, 0.25) is 0 Å². The van der Waals surface area contributed by atoms with Gasteiger partial charge in [-0.3, -0.25) is 14.3 Å². The Morgan fingerprint density at radius 3 is 2.81 bits per heavy atom. The van der Waals surface area contributed by atoms with E-state index in [0.717, 1.165) is 0 Å². The third-order valence-electron chi connectivity index (χ3n) is 2.76. The van der Waals surface area contributed by atoms with Gasteiger partial charge < -0.3 is 4.74 Å². The molecule has 0 aliphatic carbocycles. The summed E-state index contributed by atoms with van der Waals surface area (Å²) < 4.78 is 19.8. The molecule has 2 heterocycles. The van der Waals surface area contributed by atoms with E-state index in [1.54, 1.807) is 13.8 Å². The Bertz CT molecular complexity index is 498. The highest BCUT2D eigenvalue weighted by Gasteiger charge is 2.33. The summed E-state index contributed by atoms with van der Waals surface area (Å²) in [5.74, 6) is 0. The molecule has 3 atom stereocenters. The lowest BCUT2D eigenvalue weighted by atomic mass is 10.2. The molecule has 1 saturated heterocycles. The minimum Gasteiger partial charge on any atom is -0.352 e. The molecule has 2 rings (SSSR count). The van der Waals surface area contributed by atoms with Crippen LogP contribution >= 0.6 is 0 Å². The SMILES string of the molecule is Cc1cn([C@H]2C[C@H](F)[C@@H](C)O2)c(=O)[nH]c1=O. The second kappa shape index (κ2) is 3.86. The van der Waals surface area contributed by atoms with Crippen LogP contribution in [0.1, 0.15) is 25.1 Å². The summed E-state index contributed by atoms with van der Waals surface area (Å²) in [4.78, 5) is 24.8. The fourth-order valence-corrected chi connectivity index (χ4v) is 1.75. The quantitative estimate of drug-likeness (QED) is 0.760. The Balaban J connectivity index is 2.39. The van der Waals surface area contributed by atoms with Crippen LogP contribution in [0, 0.1) is 6.92 Å². The Kier molecular flexibility index (Phi) is 2.67. The fraction of sp³-hybridized carbons (Fsp3) is 0.600. The molecule has 0 radical (unpaired) electrons. The lowest BCUT2D eigenvalue weighted by Crippen LogP contribution is -2.33. The molecule has 1 aromatic rings. The van der Waals surface area contributed by atoms with Gasteiger partial charge in [-0.15, -0.1) is 0 Å². The molecule has 1 aromatic heterocycles. The molecule has 0 amide bonds. The first kappa shape index (κ1) is 11.1. The first-order chi connectivity index (χ1) is 7.49. The van der Waals surface area contributed by atoms with Gasteiger partial charge in [-0.25, -0.2) is 9.18 Å². The first-order valence-corrected chi connectivity index (χ1v) is 5.10. The molecule has 1 aliphatic heterocycles. The van der Waals surface area contributed by atoms with E-state index in [2.05, 4.69) is 4.98 Å². The fourth-order valence-electron chi connectivity index (χ4n) is 1.75. The van der Waals surface area contributed by atoms with E-state index in [4.69, 9.17) is 4.74 Å². The number of H-pyrrole nitrogens is 1. The van der Waals surface area contributed by atoms with Gasteiger partial charge in [-0.2, -0.15) is 0 Å². The number of alkyl halides is 1. The highest BCUT2D eigenvalue weighted by molar-refractivity contribution is 5.01. The third kappa shape index (κ3) is 1.80. The molecular weight excluding hydrogens is 215 g/mol. The van der Waals surface area contributed by atoms with Crippen molar-refractivity contribution < 1.29 is 9.13 Å². The van der Waals surface area contributed by atoms with E-state index < -0.39 is 29.8 Å². The van der Waals surface area contributed by atoms with E-state index >= 15 is 0 Å². The molecule has 88 valence electrons. The standard InChI is InChI=1S/C10H13FN2O3/c1-5-4-13(10(15)12-9(5)14)8-3-7(11)6(2)16-8/h4,6-8H,3H2,1-2H3,(H,12,14,15)/t6-,7+,8-/m1/s1. The zero-order valence-electron chi connectivity index (χ0n) is 9.07. The van der Waals surface area contributed by atoms with Crippen LogP contribution in [0.3, 0.4) is 0 Å². The lowest BCUT2D eigenvalue weighted by molar-refractivity contribution is -0.000724. The second-order valence-corrected chi connectivity index (χ2v) is 4.03. The molecule has 0 bridgehead atoms. The van der Waals surface area contributed by atoms with E-state index in [-0.39, 0.29) is 6.42 Å². The van der Waals surface area contributed by atoms with Crippen molar-refractivity contribution in [2.75, 3.05) is 0 Å². The minimum absolute atomic E-state index is 0.132. The number of hydrogen-bond donors (Lipinski definition) is 1. The summed E-state index contributed by atoms with van der Waals surface area (Å²) >= 11 is 0. The topological polar surface area (TPSA) is 64.1 Å². The molecule has 6 heteroatoms. The van der Waals surface area contributed by atoms with Crippen molar-refractivity contribution in [3.8, 4) is 0 Å². The van der Waals surface area contributed by atoms with Gasteiger partial charge in [0.25, 0.3) is 5.56 Å². The van der Waals surface area contributed by atoms with Crippen LogP contribution in [-0.2, 0) is 4.74 Å². The number of halogens is 1. The number of aryl methyl sites for hydroxylation is 1.